The van der Waals surface area contributed by atoms with Gasteiger partial charge < -0.3 is 4.74 Å². The number of carbonyl (C=O) groups is 1. The topological polar surface area (TPSA) is 26.3 Å². The van der Waals surface area contributed by atoms with Crippen molar-refractivity contribution in [3.63, 3.8) is 0 Å². The predicted octanol–water partition coefficient (Wildman–Crippen LogP) is 3.01. The van der Waals surface area contributed by atoms with Crippen LogP contribution in [0.25, 0.3) is 0 Å². The number of ether oxygens (including phenoxy) is 1. The standard InChI is InChI=1S/C12H13ClO2/c1-2-15-12(14)11-7-10(11)8-3-5-9(13)6-4-8/h3-6,10-11H,2,7H2,1H3/t10-,11-/m0/s1. The first-order valence-corrected chi connectivity index (χ1v) is 5.52. The van der Waals surface area contributed by atoms with Crippen molar-refractivity contribution in [2.75, 3.05) is 6.61 Å². The molecule has 15 heavy (non-hydrogen) atoms. The molecule has 80 valence electrons. The Balaban J connectivity index is 1.98. The van der Waals surface area contributed by atoms with Gasteiger partial charge in [-0.2, -0.15) is 0 Å². The lowest BCUT2D eigenvalue weighted by Crippen LogP contribution is -2.07. The van der Waals surface area contributed by atoms with Crippen LogP contribution in [0, 0.1) is 5.92 Å². The summed E-state index contributed by atoms with van der Waals surface area (Å²) < 4.78 is 4.98. The largest absolute Gasteiger partial charge is 0.466 e. The Kier molecular flexibility index (Phi) is 2.96. The maximum absolute atomic E-state index is 11.4. The second-order valence-electron chi connectivity index (χ2n) is 3.75. The summed E-state index contributed by atoms with van der Waals surface area (Å²) in [6, 6.07) is 7.67. The van der Waals surface area contributed by atoms with E-state index >= 15 is 0 Å². The molecule has 0 radical (unpaired) electrons. The molecule has 2 atom stereocenters. The second-order valence-corrected chi connectivity index (χ2v) is 4.19. The van der Waals surface area contributed by atoms with Gasteiger partial charge in [0.05, 0.1) is 12.5 Å². The third kappa shape index (κ3) is 2.32. The summed E-state index contributed by atoms with van der Waals surface area (Å²) in [5.74, 6) is 0.324. The zero-order valence-electron chi connectivity index (χ0n) is 8.57. The fourth-order valence-corrected chi connectivity index (χ4v) is 1.91. The minimum Gasteiger partial charge on any atom is -0.466 e. The molecule has 0 amide bonds. The smallest absolute Gasteiger partial charge is 0.309 e. The van der Waals surface area contributed by atoms with Crippen LogP contribution in [0.2, 0.25) is 5.02 Å². The van der Waals surface area contributed by atoms with Crippen LogP contribution in [0.5, 0.6) is 0 Å². The van der Waals surface area contributed by atoms with Crippen molar-refractivity contribution in [3.05, 3.63) is 34.9 Å². The van der Waals surface area contributed by atoms with Crippen molar-refractivity contribution < 1.29 is 9.53 Å². The lowest BCUT2D eigenvalue weighted by molar-refractivity contribution is -0.144. The van der Waals surface area contributed by atoms with E-state index < -0.39 is 0 Å². The van der Waals surface area contributed by atoms with Crippen LogP contribution >= 0.6 is 11.6 Å². The van der Waals surface area contributed by atoms with Gasteiger partial charge >= 0.3 is 5.97 Å². The molecule has 0 N–H and O–H groups in total. The fraction of sp³-hybridized carbons (Fsp3) is 0.417. The predicted molar refractivity (Wildman–Crippen MR) is 58.9 cm³/mol. The Hall–Kier alpha value is -1.02. The molecular formula is C12H13ClO2. The molecule has 0 bridgehead atoms. The van der Waals surface area contributed by atoms with Gasteiger partial charge in [0.15, 0.2) is 0 Å². The molecule has 1 aromatic carbocycles. The molecule has 1 saturated carbocycles. The average Bonchev–Trinajstić information content (AvgIpc) is 2.99. The van der Waals surface area contributed by atoms with Gasteiger partial charge in [-0.3, -0.25) is 4.79 Å². The van der Waals surface area contributed by atoms with Crippen molar-refractivity contribution in [2.24, 2.45) is 5.92 Å². The first-order chi connectivity index (χ1) is 7.22. The van der Waals surface area contributed by atoms with E-state index in [1.165, 1.54) is 5.56 Å². The molecule has 0 saturated heterocycles. The molecule has 3 heteroatoms. The Morgan fingerprint density at radius 3 is 2.73 bits per heavy atom. The first kappa shape index (κ1) is 10.5. The van der Waals surface area contributed by atoms with Crippen LogP contribution in [-0.4, -0.2) is 12.6 Å². The minimum absolute atomic E-state index is 0.0612. The molecule has 1 fully saturated rings. The lowest BCUT2D eigenvalue weighted by Gasteiger charge is -2.01. The molecule has 0 aromatic heterocycles. The fourth-order valence-electron chi connectivity index (χ4n) is 1.78. The molecular weight excluding hydrogens is 212 g/mol. The molecule has 2 nitrogen and oxygen atoms in total. The summed E-state index contributed by atoms with van der Waals surface area (Å²) in [6.07, 6.45) is 0.903. The quantitative estimate of drug-likeness (QED) is 0.738. The van der Waals surface area contributed by atoms with Gasteiger partial charge in [-0.15, -0.1) is 0 Å². The molecule has 1 aromatic rings. The molecule has 0 spiro atoms. The van der Waals surface area contributed by atoms with Crippen LogP contribution in [-0.2, 0) is 9.53 Å². The maximum atomic E-state index is 11.4. The van der Waals surface area contributed by atoms with Crippen LogP contribution in [0.3, 0.4) is 0 Å². The number of halogens is 1. The molecule has 0 aliphatic heterocycles. The lowest BCUT2D eigenvalue weighted by atomic mass is 10.1. The van der Waals surface area contributed by atoms with Crippen LogP contribution in [0.15, 0.2) is 24.3 Å². The van der Waals surface area contributed by atoms with Crippen molar-refractivity contribution >= 4 is 17.6 Å². The van der Waals surface area contributed by atoms with Gasteiger partial charge in [-0.25, -0.2) is 0 Å². The number of rotatable bonds is 3. The minimum atomic E-state index is -0.0718. The van der Waals surface area contributed by atoms with Gasteiger partial charge in [-0.05, 0) is 37.0 Å². The van der Waals surface area contributed by atoms with E-state index in [9.17, 15) is 4.79 Å². The number of hydrogen-bond acceptors (Lipinski definition) is 2. The summed E-state index contributed by atoms with van der Waals surface area (Å²) in [5, 5.41) is 0.729. The van der Waals surface area contributed by atoms with E-state index in [-0.39, 0.29) is 11.9 Å². The van der Waals surface area contributed by atoms with E-state index in [1.807, 2.05) is 31.2 Å². The summed E-state index contributed by atoms with van der Waals surface area (Å²) in [6.45, 7) is 2.29. The molecule has 2 rings (SSSR count). The van der Waals surface area contributed by atoms with Crippen molar-refractivity contribution in [1.82, 2.24) is 0 Å². The van der Waals surface area contributed by atoms with E-state index in [4.69, 9.17) is 16.3 Å². The van der Waals surface area contributed by atoms with E-state index in [0.29, 0.717) is 12.5 Å². The highest BCUT2D eigenvalue weighted by molar-refractivity contribution is 6.30. The highest BCUT2D eigenvalue weighted by Gasteiger charge is 2.44. The molecule has 1 aliphatic rings. The molecule has 0 heterocycles. The third-order valence-electron chi connectivity index (χ3n) is 2.68. The van der Waals surface area contributed by atoms with Gasteiger partial charge in [0.1, 0.15) is 0 Å². The van der Waals surface area contributed by atoms with E-state index in [2.05, 4.69) is 0 Å². The van der Waals surface area contributed by atoms with Gasteiger partial charge in [0, 0.05) is 5.02 Å². The summed E-state index contributed by atoms with van der Waals surface area (Å²) in [4.78, 5) is 11.4. The first-order valence-electron chi connectivity index (χ1n) is 5.14. The Bertz CT molecular complexity index is 358. The highest BCUT2D eigenvalue weighted by atomic mass is 35.5. The number of esters is 1. The summed E-state index contributed by atoms with van der Waals surface area (Å²) >= 11 is 5.79. The molecule has 1 aliphatic carbocycles. The zero-order valence-corrected chi connectivity index (χ0v) is 9.33. The number of hydrogen-bond donors (Lipinski definition) is 0. The monoisotopic (exact) mass is 224 g/mol. The zero-order chi connectivity index (χ0) is 10.8. The normalized spacial score (nSPS) is 23.6. The average molecular weight is 225 g/mol. The van der Waals surface area contributed by atoms with Gasteiger partial charge in [-0.1, -0.05) is 23.7 Å². The Morgan fingerprint density at radius 2 is 2.13 bits per heavy atom. The van der Waals surface area contributed by atoms with E-state index in [0.717, 1.165) is 11.4 Å². The molecule has 0 unspecified atom stereocenters. The maximum Gasteiger partial charge on any atom is 0.309 e. The van der Waals surface area contributed by atoms with Gasteiger partial charge in [0.25, 0.3) is 0 Å². The summed E-state index contributed by atoms with van der Waals surface area (Å²) in [7, 11) is 0. The van der Waals surface area contributed by atoms with Crippen LogP contribution < -0.4 is 0 Å². The van der Waals surface area contributed by atoms with Crippen molar-refractivity contribution in [1.29, 1.82) is 0 Å². The third-order valence-corrected chi connectivity index (χ3v) is 2.93. The van der Waals surface area contributed by atoms with Crippen molar-refractivity contribution in [3.8, 4) is 0 Å². The van der Waals surface area contributed by atoms with E-state index in [1.54, 1.807) is 0 Å². The van der Waals surface area contributed by atoms with Gasteiger partial charge in [0.2, 0.25) is 0 Å². The SMILES string of the molecule is CCOC(=O)[C@H]1C[C@H]1c1ccc(Cl)cc1. The Morgan fingerprint density at radius 1 is 1.47 bits per heavy atom. The summed E-state index contributed by atoms with van der Waals surface area (Å²) in [5.41, 5.74) is 1.18. The van der Waals surface area contributed by atoms with Crippen LogP contribution in [0.1, 0.15) is 24.8 Å². The Labute approximate surface area is 94.2 Å². The number of carbonyl (C=O) groups excluding carboxylic acids is 1. The van der Waals surface area contributed by atoms with Crippen LogP contribution in [0.4, 0.5) is 0 Å². The van der Waals surface area contributed by atoms with Crippen molar-refractivity contribution in [2.45, 2.75) is 19.3 Å². The highest BCUT2D eigenvalue weighted by Crippen LogP contribution is 2.48. The second kappa shape index (κ2) is 4.23. The number of benzene rings is 1.